The van der Waals surface area contributed by atoms with E-state index in [4.69, 9.17) is 5.11 Å². The fourth-order valence-electron chi connectivity index (χ4n) is 2.90. The first-order chi connectivity index (χ1) is 10.1. The van der Waals surface area contributed by atoms with Gasteiger partial charge in [0.15, 0.2) is 0 Å². The predicted octanol–water partition coefficient (Wildman–Crippen LogP) is 1.36. The molecule has 6 nitrogen and oxygen atoms in total. The molecule has 1 aliphatic rings. The normalized spacial score (nSPS) is 22.0. The van der Waals surface area contributed by atoms with Crippen LogP contribution in [0.2, 0.25) is 0 Å². The second kappa shape index (κ2) is 7.24. The fourth-order valence-corrected chi connectivity index (χ4v) is 2.90. The van der Waals surface area contributed by atoms with Gasteiger partial charge in [-0.05, 0) is 37.7 Å². The summed E-state index contributed by atoms with van der Waals surface area (Å²) in [7, 11) is 1.88. The van der Waals surface area contributed by atoms with Gasteiger partial charge in [0.1, 0.15) is 0 Å². The van der Waals surface area contributed by atoms with Crippen molar-refractivity contribution in [1.29, 1.82) is 0 Å². The van der Waals surface area contributed by atoms with Crippen LogP contribution in [0.4, 0.5) is 0 Å². The maximum absolute atomic E-state index is 12.1. The number of rotatable bonds is 6. The zero-order valence-electron chi connectivity index (χ0n) is 12.4. The van der Waals surface area contributed by atoms with Gasteiger partial charge in [0.25, 0.3) is 0 Å². The maximum atomic E-state index is 12.1. The van der Waals surface area contributed by atoms with Gasteiger partial charge in [0, 0.05) is 25.7 Å². The second-order valence-corrected chi connectivity index (χ2v) is 5.82. The van der Waals surface area contributed by atoms with Gasteiger partial charge in [-0.15, -0.1) is 0 Å². The first kappa shape index (κ1) is 15.5. The minimum Gasteiger partial charge on any atom is -0.481 e. The van der Waals surface area contributed by atoms with Crippen molar-refractivity contribution < 1.29 is 14.7 Å². The molecule has 0 aromatic carbocycles. The van der Waals surface area contributed by atoms with Crippen molar-refractivity contribution in [2.75, 3.05) is 6.54 Å². The first-order valence-electron chi connectivity index (χ1n) is 7.54. The Hall–Kier alpha value is -1.85. The minimum atomic E-state index is -0.774. The van der Waals surface area contributed by atoms with E-state index in [-0.39, 0.29) is 17.7 Å². The smallest absolute Gasteiger partial charge is 0.306 e. The van der Waals surface area contributed by atoms with Crippen molar-refractivity contribution in [2.24, 2.45) is 18.9 Å². The van der Waals surface area contributed by atoms with Gasteiger partial charge in [0.05, 0.1) is 12.1 Å². The number of nitrogens with zero attached hydrogens (tertiary/aromatic N) is 2. The molecule has 1 aliphatic carbocycles. The monoisotopic (exact) mass is 293 g/mol. The van der Waals surface area contributed by atoms with E-state index in [2.05, 4.69) is 10.4 Å². The zero-order valence-corrected chi connectivity index (χ0v) is 12.4. The van der Waals surface area contributed by atoms with Crippen LogP contribution in [-0.2, 0) is 23.1 Å². The molecule has 1 fully saturated rings. The van der Waals surface area contributed by atoms with Gasteiger partial charge >= 0.3 is 5.97 Å². The molecule has 1 heterocycles. The number of aromatic nitrogens is 2. The number of carbonyl (C=O) groups is 2. The number of carboxylic acid groups (broad SMARTS) is 1. The number of aliphatic carboxylic acids is 1. The van der Waals surface area contributed by atoms with Crippen molar-refractivity contribution in [2.45, 2.75) is 38.5 Å². The molecule has 116 valence electrons. The van der Waals surface area contributed by atoms with Crippen LogP contribution in [0.1, 0.15) is 37.7 Å². The number of hydrogen-bond acceptors (Lipinski definition) is 3. The summed E-state index contributed by atoms with van der Waals surface area (Å²) in [6.45, 7) is 0.627. The van der Waals surface area contributed by atoms with E-state index >= 15 is 0 Å². The van der Waals surface area contributed by atoms with Crippen LogP contribution in [0.25, 0.3) is 0 Å². The average Bonchev–Trinajstić information content (AvgIpc) is 2.89. The van der Waals surface area contributed by atoms with Crippen molar-refractivity contribution in [3.63, 3.8) is 0 Å². The molecule has 1 aromatic rings. The molecule has 2 N–H and O–H groups in total. The largest absolute Gasteiger partial charge is 0.481 e. The predicted molar refractivity (Wildman–Crippen MR) is 77.6 cm³/mol. The third kappa shape index (κ3) is 4.58. The molecule has 1 amide bonds. The van der Waals surface area contributed by atoms with Gasteiger partial charge in [-0.25, -0.2) is 0 Å². The van der Waals surface area contributed by atoms with E-state index in [1.807, 2.05) is 19.4 Å². The summed E-state index contributed by atoms with van der Waals surface area (Å²) in [5, 5.41) is 16.1. The molecule has 0 bridgehead atoms. The highest BCUT2D eigenvalue weighted by molar-refractivity contribution is 5.80. The second-order valence-electron chi connectivity index (χ2n) is 5.82. The third-order valence-electron chi connectivity index (χ3n) is 4.09. The highest BCUT2D eigenvalue weighted by Gasteiger charge is 2.30. The molecule has 0 spiro atoms. The number of carbonyl (C=O) groups excluding carboxylic acids is 1. The van der Waals surface area contributed by atoms with Crippen molar-refractivity contribution >= 4 is 11.9 Å². The summed E-state index contributed by atoms with van der Waals surface area (Å²) in [6, 6.07) is 0. The topological polar surface area (TPSA) is 84.2 Å². The van der Waals surface area contributed by atoms with Crippen molar-refractivity contribution in [1.82, 2.24) is 15.1 Å². The summed E-state index contributed by atoms with van der Waals surface area (Å²) >= 11 is 0. The molecule has 1 saturated carbocycles. The molecule has 2 atom stereocenters. The summed E-state index contributed by atoms with van der Waals surface area (Å²) in [6.07, 6.45) is 8.36. The first-order valence-corrected chi connectivity index (χ1v) is 7.54. The van der Waals surface area contributed by atoms with E-state index in [1.54, 1.807) is 4.68 Å². The average molecular weight is 293 g/mol. The van der Waals surface area contributed by atoms with Gasteiger partial charge in [0.2, 0.25) is 5.91 Å². The number of amides is 1. The molecular formula is C15H23N3O3. The highest BCUT2D eigenvalue weighted by Crippen LogP contribution is 2.29. The summed E-state index contributed by atoms with van der Waals surface area (Å²) in [4.78, 5) is 23.1. The van der Waals surface area contributed by atoms with Crippen LogP contribution in [0.15, 0.2) is 12.4 Å². The Balaban J connectivity index is 1.68. The van der Waals surface area contributed by atoms with Crippen molar-refractivity contribution in [3.8, 4) is 0 Å². The molecule has 2 unspecified atom stereocenters. The molecule has 2 rings (SSSR count). The molecule has 0 saturated heterocycles. The van der Waals surface area contributed by atoms with Crippen LogP contribution in [0.3, 0.4) is 0 Å². The lowest BCUT2D eigenvalue weighted by atomic mass is 9.81. The molecule has 0 aliphatic heterocycles. The molecule has 6 heteroatoms. The van der Waals surface area contributed by atoms with E-state index in [0.29, 0.717) is 19.4 Å². The molecule has 0 radical (unpaired) electrons. The highest BCUT2D eigenvalue weighted by atomic mass is 16.4. The van der Waals surface area contributed by atoms with Gasteiger partial charge in [-0.2, -0.15) is 5.10 Å². The Morgan fingerprint density at radius 3 is 2.86 bits per heavy atom. The van der Waals surface area contributed by atoms with Gasteiger partial charge in [-0.1, -0.05) is 6.42 Å². The van der Waals surface area contributed by atoms with Gasteiger partial charge in [-0.3, -0.25) is 14.3 Å². The van der Waals surface area contributed by atoms with E-state index in [0.717, 1.165) is 31.2 Å². The van der Waals surface area contributed by atoms with E-state index in [1.165, 1.54) is 0 Å². The quantitative estimate of drug-likeness (QED) is 0.776. The van der Waals surface area contributed by atoms with Crippen LogP contribution in [0, 0.1) is 11.8 Å². The lowest BCUT2D eigenvalue weighted by Gasteiger charge is -2.25. The van der Waals surface area contributed by atoms with E-state index < -0.39 is 5.97 Å². The Bertz CT molecular complexity index is 498. The Kier molecular flexibility index (Phi) is 5.36. The number of aryl methyl sites for hydroxylation is 2. The lowest BCUT2D eigenvalue weighted by molar-refractivity contribution is -0.144. The summed E-state index contributed by atoms with van der Waals surface area (Å²) < 4.78 is 1.77. The fraction of sp³-hybridized carbons (Fsp3) is 0.667. The third-order valence-corrected chi connectivity index (χ3v) is 4.09. The zero-order chi connectivity index (χ0) is 15.2. The molecular weight excluding hydrogens is 270 g/mol. The standard InChI is InChI=1S/C15H23N3O3/c1-18-10-11(9-17-18)4-3-7-16-14(19)12-5-2-6-13(8-12)15(20)21/h9-10,12-13H,2-8H2,1H3,(H,16,19)(H,20,21). The lowest BCUT2D eigenvalue weighted by Crippen LogP contribution is -2.36. The molecule has 1 aromatic heterocycles. The van der Waals surface area contributed by atoms with Gasteiger partial charge < -0.3 is 10.4 Å². The minimum absolute atomic E-state index is 0.00661. The number of carboxylic acids is 1. The van der Waals surface area contributed by atoms with Crippen LogP contribution >= 0.6 is 0 Å². The SMILES string of the molecule is Cn1cc(CCCNC(=O)C2CCCC(C(=O)O)C2)cn1. The van der Waals surface area contributed by atoms with E-state index in [9.17, 15) is 9.59 Å². The van der Waals surface area contributed by atoms with Crippen LogP contribution in [-0.4, -0.2) is 33.3 Å². The summed E-state index contributed by atoms with van der Waals surface area (Å²) in [5.41, 5.74) is 1.16. The maximum Gasteiger partial charge on any atom is 0.306 e. The number of nitrogens with one attached hydrogen (secondary N) is 1. The van der Waals surface area contributed by atoms with Crippen LogP contribution in [0.5, 0.6) is 0 Å². The summed E-state index contributed by atoms with van der Waals surface area (Å²) in [5.74, 6) is -1.26. The Labute approximate surface area is 124 Å². The molecule has 21 heavy (non-hydrogen) atoms. The Morgan fingerprint density at radius 2 is 2.19 bits per heavy atom. The van der Waals surface area contributed by atoms with Crippen molar-refractivity contribution in [3.05, 3.63) is 18.0 Å². The number of hydrogen-bond donors (Lipinski definition) is 2. The van der Waals surface area contributed by atoms with Crippen LogP contribution < -0.4 is 5.32 Å². The Morgan fingerprint density at radius 1 is 1.43 bits per heavy atom.